The van der Waals surface area contributed by atoms with E-state index in [9.17, 15) is 5.11 Å². The lowest BCUT2D eigenvalue weighted by Gasteiger charge is -2.32. The Bertz CT molecular complexity index is 760. The number of nitrogens with zero attached hydrogens (tertiary/aromatic N) is 3. The van der Waals surface area contributed by atoms with Gasteiger partial charge >= 0.3 is 7.12 Å². The largest absolute Gasteiger partial charge is 0.494 e. The number of rotatable bonds is 3. The van der Waals surface area contributed by atoms with E-state index < -0.39 is 5.60 Å². The van der Waals surface area contributed by atoms with Gasteiger partial charge in [0, 0.05) is 12.6 Å². The van der Waals surface area contributed by atoms with Crippen molar-refractivity contribution in [3.63, 3.8) is 0 Å². The summed E-state index contributed by atoms with van der Waals surface area (Å²) in [6.45, 7) is 11.5. The Kier molecular flexibility index (Phi) is 4.10. The molecule has 1 fully saturated rings. The highest BCUT2D eigenvalue weighted by Gasteiger charge is 2.51. The van der Waals surface area contributed by atoms with Crippen LogP contribution in [0.1, 0.15) is 47.4 Å². The zero-order valence-electron chi connectivity index (χ0n) is 16.0. The van der Waals surface area contributed by atoms with Gasteiger partial charge in [-0.25, -0.2) is 9.67 Å². The first-order valence-electron chi connectivity index (χ1n) is 8.50. The van der Waals surface area contributed by atoms with E-state index >= 15 is 0 Å². The third-order valence-corrected chi connectivity index (χ3v) is 5.00. The van der Waals surface area contributed by atoms with Crippen molar-refractivity contribution in [2.45, 2.75) is 58.3 Å². The second kappa shape index (κ2) is 5.66. The standard InChI is InChI=1S/C18H26BN3O3/c1-16(2,23)15-20-14(21-22(15)7)12-8-10-13(11-9-12)19-24-17(3,4)18(5,6)25-19/h8-11,23H,1-7H3. The van der Waals surface area contributed by atoms with E-state index in [1.54, 1.807) is 25.6 Å². The highest BCUT2D eigenvalue weighted by molar-refractivity contribution is 6.62. The lowest BCUT2D eigenvalue weighted by molar-refractivity contribution is 0.00578. The van der Waals surface area contributed by atoms with Crippen LogP contribution in [-0.4, -0.2) is 38.2 Å². The van der Waals surface area contributed by atoms with Gasteiger partial charge in [-0.1, -0.05) is 24.3 Å². The first kappa shape index (κ1) is 18.1. The molecule has 134 valence electrons. The molecule has 3 rings (SSSR count). The SMILES string of the molecule is Cn1nc(-c2ccc(B3OC(C)(C)C(C)(C)O3)cc2)nc1C(C)(C)O. The lowest BCUT2D eigenvalue weighted by atomic mass is 9.79. The number of benzene rings is 1. The summed E-state index contributed by atoms with van der Waals surface area (Å²) in [4.78, 5) is 4.46. The first-order chi connectivity index (χ1) is 11.4. The van der Waals surface area contributed by atoms with Gasteiger partial charge in [0.25, 0.3) is 0 Å². The second-order valence-corrected chi connectivity index (χ2v) is 8.15. The van der Waals surface area contributed by atoms with Gasteiger partial charge in [-0.15, -0.1) is 0 Å². The Labute approximate surface area is 149 Å². The van der Waals surface area contributed by atoms with Gasteiger partial charge in [0.2, 0.25) is 0 Å². The molecule has 0 bridgehead atoms. The van der Waals surface area contributed by atoms with Crippen LogP contribution in [0.4, 0.5) is 0 Å². The van der Waals surface area contributed by atoms with Gasteiger partial charge in [-0.3, -0.25) is 0 Å². The van der Waals surface area contributed by atoms with Gasteiger partial charge in [0.15, 0.2) is 11.6 Å². The molecule has 2 heterocycles. The monoisotopic (exact) mass is 343 g/mol. The summed E-state index contributed by atoms with van der Waals surface area (Å²) >= 11 is 0. The van der Waals surface area contributed by atoms with Crippen LogP contribution in [0.5, 0.6) is 0 Å². The zero-order valence-corrected chi connectivity index (χ0v) is 16.0. The minimum atomic E-state index is -1.04. The third-order valence-electron chi connectivity index (χ3n) is 5.00. The summed E-state index contributed by atoms with van der Waals surface area (Å²) in [6, 6.07) is 7.84. The predicted molar refractivity (Wildman–Crippen MR) is 97.4 cm³/mol. The Hall–Kier alpha value is -1.70. The van der Waals surface area contributed by atoms with Crippen molar-refractivity contribution in [2.75, 3.05) is 0 Å². The summed E-state index contributed by atoms with van der Waals surface area (Å²) in [5.41, 5.74) is 0.0799. The van der Waals surface area contributed by atoms with Gasteiger partial charge in [-0.2, -0.15) is 5.10 Å². The van der Waals surface area contributed by atoms with Crippen LogP contribution in [0.15, 0.2) is 24.3 Å². The van der Waals surface area contributed by atoms with Crippen LogP contribution in [0.3, 0.4) is 0 Å². The van der Waals surface area contributed by atoms with Gasteiger partial charge in [0.05, 0.1) is 11.2 Å². The highest BCUT2D eigenvalue weighted by atomic mass is 16.7. The van der Waals surface area contributed by atoms with E-state index in [-0.39, 0.29) is 18.3 Å². The van der Waals surface area contributed by atoms with Crippen molar-refractivity contribution < 1.29 is 14.4 Å². The Balaban J connectivity index is 1.85. The minimum Gasteiger partial charge on any atom is -0.399 e. The van der Waals surface area contributed by atoms with Crippen LogP contribution in [-0.2, 0) is 22.0 Å². The molecule has 0 aliphatic carbocycles. The van der Waals surface area contributed by atoms with E-state index in [1.807, 2.05) is 52.0 Å². The van der Waals surface area contributed by atoms with Crippen molar-refractivity contribution in [1.29, 1.82) is 0 Å². The molecular weight excluding hydrogens is 317 g/mol. The molecule has 2 aromatic rings. The molecule has 6 nitrogen and oxygen atoms in total. The molecule has 1 saturated heterocycles. The summed E-state index contributed by atoms with van der Waals surface area (Å²) in [5, 5.41) is 14.6. The fourth-order valence-electron chi connectivity index (χ4n) is 2.81. The summed E-state index contributed by atoms with van der Waals surface area (Å²) in [7, 11) is 1.39. The van der Waals surface area contributed by atoms with Gasteiger partial charge in [-0.05, 0) is 47.0 Å². The highest BCUT2D eigenvalue weighted by Crippen LogP contribution is 2.36. The van der Waals surface area contributed by atoms with Gasteiger partial charge in [0.1, 0.15) is 5.60 Å². The Morgan fingerprint density at radius 1 is 1.04 bits per heavy atom. The van der Waals surface area contributed by atoms with E-state index in [1.165, 1.54) is 0 Å². The van der Waals surface area contributed by atoms with Crippen molar-refractivity contribution in [3.05, 3.63) is 30.1 Å². The van der Waals surface area contributed by atoms with Crippen molar-refractivity contribution in [1.82, 2.24) is 14.8 Å². The van der Waals surface area contributed by atoms with Crippen molar-refractivity contribution in [2.24, 2.45) is 7.05 Å². The number of hydrogen-bond acceptors (Lipinski definition) is 5. The van der Waals surface area contributed by atoms with Crippen LogP contribution in [0.2, 0.25) is 0 Å². The Morgan fingerprint density at radius 2 is 1.56 bits per heavy atom. The first-order valence-corrected chi connectivity index (χ1v) is 8.50. The second-order valence-electron chi connectivity index (χ2n) is 8.15. The number of aromatic nitrogens is 3. The van der Waals surface area contributed by atoms with E-state index in [4.69, 9.17) is 9.31 Å². The molecule has 1 N–H and O–H groups in total. The molecule has 1 aromatic carbocycles. The normalized spacial score (nSPS) is 19.4. The molecule has 0 amide bonds. The molecule has 25 heavy (non-hydrogen) atoms. The van der Waals surface area contributed by atoms with E-state index in [0.29, 0.717) is 11.6 Å². The number of aryl methyl sites for hydroxylation is 1. The number of aliphatic hydroxyl groups is 1. The summed E-state index contributed by atoms with van der Waals surface area (Å²) in [6.07, 6.45) is 0. The molecule has 1 aromatic heterocycles. The quantitative estimate of drug-likeness (QED) is 0.864. The summed E-state index contributed by atoms with van der Waals surface area (Å²) < 4.78 is 13.8. The third kappa shape index (κ3) is 3.24. The molecule has 0 radical (unpaired) electrons. The topological polar surface area (TPSA) is 69.4 Å². The average molecular weight is 343 g/mol. The molecule has 0 saturated carbocycles. The summed E-state index contributed by atoms with van der Waals surface area (Å²) in [5.74, 6) is 1.11. The Morgan fingerprint density at radius 3 is 2.00 bits per heavy atom. The molecule has 1 aliphatic rings. The van der Waals surface area contributed by atoms with Gasteiger partial charge < -0.3 is 14.4 Å². The molecule has 0 spiro atoms. The predicted octanol–water partition coefficient (Wildman–Crippen LogP) is 2.01. The van der Waals surface area contributed by atoms with E-state index in [2.05, 4.69) is 10.1 Å². The van der Waals surface area contributed by atoms with Crippen LogP contribution < -0.4 is 5.46 Å². The molecular formula is C18H26BN3O3. The van der Waals surface area contributed by atoms with Crippen LogP contribution >= 0.6 is 0 Å². The fraction of sp³-hybridized carbons (Fsp3) is 0.556. The van der Waals surface area contributed by atoms with Crippen molar-refractivity contribution >= 4 is 12.6 Å². The fourth-order valence-corrected chi connectivity index (χ4v) is 2.81. The maximum atomic E-state index is 10.2. The molecule has 7 heteroatoms. The van der Waals surface area contributed by atoms with Crippen LogP contribution in [0, 0.1) is 0 Å². The molecule has 0 atom stereocenters. The smallest absolute Gasteiger partial charge is 0.399 e. The van der Waals surface area contributed by atoms with Crippen LogP contribution in [0.25, 0.3) is 11.4 Å². The lowest BCUT2D eigenvalue weighted by Crippen LogP contribution is -2.41. The minimum absolute atomic E-state index is 0.361. The van der Waals surface area contributed by atoms with E-state index in [0.717, 1.165) is 11.0 Å². The molecule has 1 aliphatic heterocycles. The maximum Gasteiger partial charge on any atom is 0.494 e. The van der Waals surface area contributed by atoms with Crippen molar-refractivity contribution in [3.8, 4) is 11.4 Å². The zero-order chi connectivity index (χ0) is 18.6. The average Bonchev–Trinajstić information content (AvgIpc) is 2.97. The maximum absolute atomic E-state index is 10.2. The number of hydrogen-bond donors (Lipinski definition) is 1. The molecule has 0 unspecified atom stereocenters.